The summed E-state index contributed by atoms with van der Waals surface area (Å²) in [6, 6.07) is 10.5. The summed E-state index contributed by atoms with van der Waals surface area (Å²) < 4.78 is 38.6. The van der Waals surface area contributed by atoms with Crippen molar-refractivity contribution in [2.24, 2.45) is 0 Å². The van der Waals surface area contributed by atoms with Crippen molar-refractivity contribution in [3.63, 3.8) is 0 Å². The summed E-state index contributed by atoms with van der Waals surface area (Å²) in [7, 11) is -3.65. The Morgan fingerprint density at radius 2 is 1.79 bits per heavy atom. The molecule has 0 N–H and O–H groups in total. The van der Waals surface area contributed by atoms with Gasteiger partial charge < -0.3 is 0 Å². The number of nitrogens with zero attached hydrogens (tertiary/aromatic N) is 1. The first-order valence-corrected chi connectivity index (χ1v) is 9.89. The molecule has 0 saturated carbocycles. The highest BCUT2D eigenvalue weighted by Gasteiger charge is 2.17. The lowest BCUT2D eigenvalue weighted by Crippen LogP contribution is -2.12. The second-order valence-corrected chi connectivity index (χ2v) is 8.36. The van der Waals surface area contributed by atoms with E-state index in [-0.39, 0.29) is 9.77 Å². The van der Waals surface area contributed by atoms with Gasteiger partial charge in [-0.15, -0.1) is 0 Å². The van der Waals surface area contributed by atoms with Crippen LogP contribution in [0.15, 0.2) is 57.5 Å². The Morgan fingerprint density at radius 1 is 1.12 bits per heavy atom. The van der Waals surface area contributed by atoms with E-state index >= 15 is 0 Å². The lowest BCUT2D eigenvalue weighted by Gasteiger charge is -2.09. The molecule has 3 rings (SSSR count). The summed E-state index contributed by atoms with van der Waals surface area (Å²) in [6.07, 6.45) is 0.944. The zero-order valence-corrected chi connectivity index (χ0v) is 14.8. The van der Waals surface area contributed by atoms with E-state index in [4.69, 9.17) is 11.6 Å². The van der Waals surface area contributed by atoms with Crippen LogP contribution in [-0.2, 0) is 9.84 Å². The van der Waals surface area contributed by atoms with Gasteiger partial charge in [0.05, 0.1) is 11.4 Å². The molecule has 24 heavy (non-hydrogen) atoms. The number of sulfone groups is 1. The van der Waals surface area contributed by atoms with Crippen molar-refractivity contribution in [3.05, 3.63) is 68.4 Å². The quantitative estimate of drug-likeness (QED) is 0.692. The van der Waals surface area contributed by atoms with Crippen LogP contribution in [0.2, 0.25) is 5.02 Å². The number of halogens is 2. The summed E-state index contributed by atoms with van der Waals surface area (Å²) >= 11 is 6.83. The smallest absolute Gasteiger partial charge is 0.267 e. The van der Waals surface area contributed by atoms with E-state index in [1.54, 1.807) is 29.6 Å². The summed E-state index contributed by atoms with van der Waals surface area (Å²) in [6.45, 7) is 0. The molecule has 2 aromatic carbocycles. The van der Waals surface area contributed by atoms with Crippen LogP contribution in [0.3, 0.4) is 0 Å². The molecule has 0 aliphatic rings. The van der Waals surface area contributed by atoms with E-state index < -0.39 is 15.7 Å². The van der Waals surface area contributed by atoms with Crippen LogP contribution in [0.25, 0.3) is 16.9 Å². The minimum absolute atomic E-state index is 0.236. The Labute approximate surface area is 146 Å². The molecule has 0 spiro atoms. The predicted octanol–water partition coefficient (Wildman–Crippen LogP) is 3.76. The molecule has 0 aliphatic heterocycles. The Hall–Kier alpha value is -1.96. The summed E-state index contributed by atoms with van der Waals surface area (Å²) in [4.78, 5) is 11.6. The van der Waals surface area contributed by atoms with Crippen LogP contribution in [0, 0.1) is 5.82 Å². The molecule has 0 saturated heterocycles. The fraction of sp³-hybridized carbons (Fsp3) is 0.0625. The first kappa shape index (κ1) is 16.9. The molecule has 0 aliphatic carbocycles. The van der Waals surface area contributed by atoms with Crippen LogP contribution in [0.1, 0.15) is 0 Å². The van der Waals surface area contributed by atoms with Gasteiger partial charge in [-0.2, -0.15) is 0 Å². The molecule has 1 aromatic heterocycles. The van der Waals surface area contributed by atoms with Gasteiger partial charge in [0, 0.05) is 22.2 Å². The van der Waals surface area contributed by atoms with Crippen molar-refractivity contribution in [2.45, 2.75) is 4.90 Å². The Kier molecular flexibility index (Phi) is 4.33. The minimum atomic E-state index is -3.65. The average Bonchev–Trinajstić information content (AvgIpc) is 2.88. The van der Waals surface area contributed by atoms with Crippen molar-refractivity contribution < 1.29 is 12.8 Å². The second-order valence-electron chi connectivity index (χ2n) is 5.12. The number of aromatic nitrogens is 1. The van der Waals surface area contributed by atoms with E-state index in [1.165, 1.54) is 16.7 Å². The maximum Gasteiger partial charge on any atom is 0.312 e. The predicted molar refractivity (Wildman–Crippen MR) is 93.4 cm³/mol. The molecule has 4 nitrogen and oxygen atoms in total. The maximum absolute atomic E-state index is 14.1. The van der Waals surface area contributed by atoms with E-state index in [9.17, 15) is 17.6 Å². The Morgan fingerprint density at radius 3 is 2.38 bits per heavy atom. The van der Waals surface area contributed by atoms with Gasteiger partial charge in [0.1, 0.15) is 10.7 Å². The molecule has 0 radical (unpaired) electrons. The van der Waals surface area contributed by atoms with Gasteiger partial charge >= 0.3 is 4.87 Å². The SMILES string of the molecule is CS(=O)(=O)c1ccc(-c2csc(=O)n2-c2ccc(Cl)cc2)cc1F. The fourth-order valence-electron chi connectivity index (χ4n) is 2.30. The molecule has 124 valence electrons. The number of thiazole rings is 1. The molecular weight excluding hydrogens is 373 g/mol. The van der Waals surface area contributed by atoms with Gasteiger partial charge in [-0.1, -0.05) is 29.0 Å². The molecule has 1 heterocycles. The zero-order chi connectivity index (χ0) is 17.5. The molecule has 3 aromatic rings. The van der Waals surface area contributed by atoms with Gasteiger partial charge in [-0.3, -0.25) is 9.36 Å². The van der Waals surface area contributed by atoms with E-state index in [0.717, 1.165) is 23.7 Å². The first-order valence-electron chi connectivity index (χ1n) is 6.74. The van der Waals surface area contributed by atoms with E-state index in [0.29, 0.717) is 22.0 Å². The zero-order valence-electron chi connectivity index (χ0n) is 12.4. The van der Waals surface area contributed by atoms with Crippen LogP contribution in [0.4, 0.5) is 4.39 Å². The maximum atomic E-state index is 14.1. The molecule has 0 unspecified atom stereocenters. The highest BCUT2D eigenvalue weighted by atomic mass is 35.5. The van der Waals surface area contributed by atoms with Crippen LogP contribution in [0.5, 0.6) is 0 Å². The van der Waals surface area contributed by atoms with Gasteiger partial charge in [0.15, 0.2) is 9.84 Å². The lowest BCUT2D eigenvalue weighted by atomic mass is 10.1. The van der Waals surface area contributed by atoms with Crippen molar-refractivity contribution >= 4 is 32.8 Å². The lowest BCUT2D eigenvalue weighted by molar-refractivity contribution is 0.571. The van der Waals surface area contributed by atoms with Gasteiger partial charge in [-0.05, 0) is 36.4 Å². The summed E-state index contributed by atoms with van der Waals surface area (Å²) in [5.74, 6) is -0.851. The standard InChI is InChI=1S/C16H11ClFNO3S2/c1-24(21,22)15-7-2-10(8-13(15)18)14-9-23-16(20)19(14)12-5-3-11(17)4-6-12/h2-9H,1H3. The summed E-state index contributed by atoms with van der Waals surface area (Å²) in [5.41, 5.74) is 1.48. The number of hydrogen-bond acceptors (Lipinski definition) is 4. The third-order valence-electron chi connectivity index (χ3n) is 3.41. The minimum Gasteiger partial charge on any atom is -0.267 e. The fourth-order valence-corrected chi connectivity index (χ4v) is 3.92. The number of rotatable bonds is 3. The summed E-state index contributed by atoms with van der Waals surface area (Å²) in [5, 5.41) is 2.14. The number of hydrogen-bond donors (Lipinski definition) is 0. The van der Waals surface area contributed by atoms with E-state index in [2.05, 4.69) is 0 Å². The van der Waals surface area contributed by atoms with Gasteiger partial charge in [-0.25, -0.2) is 12.8 Å². The molecular formula is C16H11ClFNO3S2. The average molecular weight is 384 g/mol. The van der Waals surface area contributed by atoms with Crippen molar-refractivity contribution in [1.29, 1.82) is 0 Å². The highest BCUT2D eigenvalue weighted by Crippen LogP contribution is 2.27. The van der Waals surface area contributed by atoms with Crippen LogP contribution >= 0.6 is 22.9 Å². The molecule has 0 atom stereocenters. The normalized spacial score (nSPS) is 11.6. The monoisotopic (exact) mass is 383 g/mol. The van der Waals surface area contributed by atoms with Crippen molar-refractivity contribution in [1.82, 2.24) is 4.57 Å². The third-order valence-corrected chi connectivity index (χ3v) is 5.51. The van der Waals surface area contributed by atoms with Crippen molar-refractivity contribution in [3.8, 4) is 16.9 Å². The van der Waals surface area contributed by atoms with Crippen LogP contribution in [-0.4, -0.2) is 19.2 Å². The molecule has 0 bridgehead atoms. The largest absolute Gasteiger partial charge is 0.312 e. The van der Waals surface area contributed by atoms with Crippen LogP contribution < -0.4 is 4.87 Å². The topological polar surface area (TPSA) is 56.1 Å². The Bertz CT molecular complexity index is 1070. The van der Waals surface area contributed by atoms with Crippen molar-refractivity contribution in [2.75, 3.05) is 6.26 Å². The van der Waals surface area contributed by atoms with Gasteiger partial charge in [0.2, 0.25) is 0 Å². The molecule has 0 fully saturated rings. The number of benzene rings is 2. The van der Waals surface area contributed by atoms with Gasteiger partial charge in [0.25, 0.3) is 0 Å². The molecule has 8 heteroatoms. The third kappa shape index (κ3) is 3.15. The second kappa shape index (κ2) is 6.16. The Balaban J connectivity index is 2.17. The highest BCUT2D eigenvalue weighted by molar-refractivity contribution is 7.90. The first-order chi connectivity index (χ1) is 11.3. The molecule has 0 amide bonds. The van der Waals surface area contributed by atoms with E-state index in [1.807, 2.05) is 0 Å².